The van der Waals surface area contributed by atoms with Crippen LogP contribution in [0.3, 0.4) is 0 Å². The Morgan fingerprint density at radius 3 is 2.08 bits per heavy atom. The highest BCUT2D eigenvalue weighted by Gasteiger charge is 2.71. The summed E-state index contributed by atoms with van der Waals surface area (Å²) >= 11 is 0. The first-order chi connectivity index (χ1) is 17.0. The summed E-state index contributed by atoms with van der Waals surface area (Å²) in [5.41, 5.74) is -6.76. The molecule has 11 heteroatoms. The molecule has 3 amide bonds. The van der Waals surface area contributed by atoms with E-state index in [9.17, 15) is 34.8 Å². The molecule has 0 aromatic heterocycles. The number of amides is 3. The number of aliphatic hydroxyl groups is 4. The molecule has 7 N–H and O–H groups in total. The minimum absolute atomic E-state index is 0.115. The SMILES string of the molecule is CCC1CCC(NC(=O)C(CCCCNC(=O)C2O[C@@](C)(O)[C@@](C)(O)C(C)(O)[C@]2(C)O)NC(C)=O)CC1. The zero-order valence-corrected chi connectivity index (χ0v) is 23.1. The van der Waals surface area contributed by atoms with Gasteiger partial charge in [0.2, 0.25) is 11.8 Å². The number of carbonyl (C=O) groups excluding carboxylic acids is 3. The first-order valence-corrected chi connectivity index (χ1v) is 13.4. The number of nitrogens with one attached hydrogen (secondary N) is 3. The molecule has 1 aliphatic carbocycles. The molecule has 11 nitrogen and oxygen atoms in total. The molecule has 3 unspecified atom stereocenters. The minimum Gasteiger partial charge on any atom is -0.384 e. The standard InChI is InChI=1S/C26H47N3O8/c1-7-17-11-13-18(14-12-17)29-21(31)19(28-16(2)30)10-8-9-15-27-22(32)20-23(3,33)24(4,34)25(5,35)26(6,36)37-20/h17-20,33-36H,7-15H2,1-6H3,(H,27,32)(H,28,30)(H,29,31)/t17?,18?,19?,20?,23-,24?,25+,26-/m1/s1. The molecule has 0 aromatic carbocycles. The van der Waals surface area contributed by atoms with Gasteiger partial charge in [0.25, 0.3) is 5.91 Å². The zero-order chi connectivity index (χ0) is 28.2. The Kier molecular flexibility index (Phi) is 10.1. The largest absolute Gasteiger partial charge is 0.384 e. The van der Waals surface area contributed by atoms with Crippen LogP contribution in [-0.2, 0) is 19.1 Å². The van der Waals surface area contributed by atoms with E-state index in [1.165, 1.54) is 6.92 Å². The van der Waals surface area contributed by atoms with Crippen molar-refractivity contribution in [3.05, 3.63) is 0 Å². The third kappa shape index (κ3) is 6.81. The van der Waals surface area contributed by atoms with Crippen LogP contribution in [0.5, 0.6) is 0 Å². The van der Waals surface area contributed by atoms with Crippen LogP contribution in [0.1, 0.15) is 92.9 Å². The third-order valence-electron chi connectivity index (χ3n) is 8.62. The van der Waals surface area contributed by atoms with Gasteiger partial charge in [-0.15, -0.1) is 0 Å². The molecule has 0 spiro atoms. The Labute approximate surface area is 219 Å². The fourth-order valence-electron chi connectivity index (χ4n) is 5.28. The number of rotatable bonds is 10. The van der Waals surface area contributed by atoms with Gasteiger partial charge in [-0.05, 0) is 78.6 Å². The maximum absolute atomic E-state index is 12.8. The summed E-state index contributed by atoms with van der Waals surface area (Å²) in [5.74, 6) is -2.87. The van der Waals surface area contributed by atoms with Crippen molar-refractivity contribution in [2.24, 2.45) is 5.92 Å². The summed E-state index contributed by atoms with van der Waals surface area (Å²) < 4.78 is 5.34. The van der Waals surface area contributed by atoms with Crippen molar-refractivity contribution < 1.29 is 39.5 Å². The normalized spacial score (nSPS) is 38.9. The second-order valence-electron chi connectivity index (χ2n) is 11.4. The van der Waals surface area contributed by atoms with Crippen LogP contribution in [0.25, 0.3) is 0 Å². The Hall–Kier alpha value is -1.79. The van der Waals surface area contributed by atoms with E-state index >= 15 is 0 Å². The van der Waals surface area contributed by atoms with Crippen LogP contribution < -0.4 is 16.0 Å². The third-order valence-corrected chi connectivity index (χ3v) is 8.62. The summed E-state index contributed by atoms with van der Waals surface area (Å²) in [4.78, 5) is 37.3. The maximum Gasteiger partial charge on any atom is 0.252 e. The van der Waals surface area contributed by atoms with Gasteiger partial charge in [0.15, 0.2) is 11.9 Å². The van der Waals surface area contributed by atoms with E-state index < -0.39 is 40.6 Å². The molecular formula is C26H47N3O8. The fraction of sp³-hybridized carbons (Fsp3) is 0.885. The van der Waals surface area contributed by atoms with Gasteiger partial charge >= 0.3 is 0 Å². The number of carbonyl (C=O) groups is 3. The van der Waals surface area contributed by atoms with Crippen LogP contribution in [-0.4, -0.2) is 85.5 Å². The first-order valence-electron chi connectivity index (χ1n) is 13.4. The van der Waals surface area contributed by atoms with Gasteiger partial charge in [0, 0.05) is 19.5 Å². The van der Waals surface area contributed by atoms with Crippen LogP contribution in [0, 0.1) is 5.92 Å². The Balaban J connectivity index is 1.87. The van der Waals surface area contributed by atoms with Crippen LogP contribution in [0.4, 0.5) is 0 Å². The lowest BCUT2D eigenvalue weighted by molar-refractivity contribution is -0.414. The predicted molar refractivity (Wildman–Crippen MR) is 136 cm³/mol. The second kappa shape index (κ2) is 11.9. The molecule has 37 heavy (non-hydrogen) atoms. The molecule has 0 bridgehead atoms. The molecule has 0 aromatic rings. The van der Waals surface area contributed by atoms with Gasteiger partial charge in [-0.3, -0.25) is 14.4 Å². The van der Waals surface area contributed by atoms with Gasteiger partial charge in [0.1, 0.15) is 22.8 Å². The van der Waals surface area contributed by atoms with Crippen molar-refractivity contribution in [3.8, 4) is 0 Å². The van der Waals surface area contributed by atoms with E-state index in [2.05, 4.69) is 22.9 Å². The molecule has 214 valence electrons. The van der Waals surface area contributed by atoms with Crippen molar-refractivity contribution in [1.29, 1.82) is 0 Å². The van der Waals surface area contributed by atoms with Crippen molar-refractivity contribution in [2.45, 2.75) is 134 Å². The number of hydrogen-bond acceptors (Lipinski definition) is 8. The van der Waals surface area contributed by atoms with Crippen molar-refractivity contribution in [1.82, 2.24) is 16.0 Å². The summed E-state index contributed by atoms with van der Waals surface area (Å²) in [6, 6.07) is -0.559. The summed E-state index contributed by atoms with van der Waals surface area (Å²) in [7, 11) is 0. The molecule has 2 fully saturated rings. The van der Waals surface area contributed by atoms with Crippen molar-refractivity contribution in [2.75, 3.05) is 6.54 Å². The smallest absolute Gasteiger partial charge is 0.252 e. The van der Waals surface area contributed by atoms with Crippen LogP contribution >= 0.6 is 0 Å². The lowest BCUT2D eigenvalue weighted by Crippen LogP contribution is -2.82. The number of unbranched alkanes of at least 4 members (excludes halogenated alkanes) is 1. The van der Waals surface area contributed by atoms with Crippen LogP contribution in [0.15, 0.2) is 0 Å². The lowest BCUT2D eigenvalue weighted by atomic mass is 9.65. The molecule has 6 atom stereocenters. The van der Waals surface area contributed by atoms with Gasteiger partial charge in [-0.25, -0.2) is 0 Å². The second-order valence-corrected chi connectivity index (χ2v) is 11.4. The summed E-state index contributed by atoms with van der Waals surface area (Å²) in [6.45, 7) is 8.24. The quantitative estimate of drug-likeness (QED) is 0.197. The van der Waals surface area contributed by atoms with Crippen LogP contribution in [0.2, 0.25) is 0 Å². The number of hydrogen-bond donors (Lipinski definition) is 7. The highest BCUT2D eigenvalue weighted by Crippen LogP contribution is 2.48. The fourth-order valence-corrected chi connectivity index (χ4v) is 5.28. The minimum atomic E-state index is -2.31. The zero-order valence-electron chi connectivity index (χ0n) is 23.1. The average Bonchev–Trinajstić information content (AvgIpc) is 2.80. The van der Waals surface area contributed by atoms with E-state index in [4.69, 9.17) is 4.74 Å². The highest BCUT2D eigenvalue weighted by atomic mass is 16.7. The van der Waals surface area contributed by atoms with Gasteiger partial charge < -0.3 is 41.1 Å². The summed E-state index contributed by atoms with van der Waals surface area (Å²) in [6.07, 6.45) is 4.92. The molecule has 1 aliphatic heterocycles. The lowest BCUT2D eigenvalue weighted by Gasteiger charge is -2.59. The Morgan fingerprint density at radius 2 is 1.54 bits per heavy atom. The summed E-state index contributed by atoms with van der Waals surface area (Å²) in [5, 5.41) is 51.3. The number of ether oxygens (including phenoxy) is 1. The van der Waals surface area contributed by atoms with Gasteiger partial charge in [0.05, 0.1) is 0 Å². The van der Waals surface area contributed by atoms with E-state index in [1.807, 2.05) is 0 Å². The Bertz CT molecular complexity index is 819. The monoisotopic (exact) mass is 529 g/mol. The van der Waals surface area contributed by atoms with E-state index in [-0.39, 0.29) is 24.4 Å². The van der Waals surface area contributed by atoms with E-state index in [0.717, 1.165) is 59.8 Å². The molecule has 2 rings (SSSR count). The van der Waals surface area contributed by atoms with Crippen molar-refractivity contribution in [3.63, 3.8) is 0 Å². The van der Waals surface area contributed by atoms with E-state index in [0.29, 0.717) is 25.2 Å². The predicted octanol–water partition coefficient (Wildman–Crippen LogP) is 0.223. The molecule has 0 radical (unpaired) electrons. The highest BCUT2D eigenvalue weighted by molar-refractivity contribution is 5.87. The molecule has 1 heterocycles. The maximum atomic E-state index is 12.8. The molecular weight excluding hydrogens is 482 g/mol. The van der Waals surface area contributed by atoms with Crippen molar-refractivity contribution >= 4 is 17.7 Å². The van der Waals surface area contributed by atoms with E-state index in [1.54, 1.807) is 0 Å². The first kappa shape index (κ1) is 31.4. The topological polar surface area (TPSA) is 177 Å². The Morgan fingerprint density at radius 1 is 0.946 bits per heavy atom. The van der Waals surface area contributed by atoms with Gasteiger partial charge in [-0.2, -0.15) is 0 Å². The molecule has 1 saturated carbocycles. The molecule has 1 saturated heterocycles. The van der Waals surface area contributed by atoms with Gasteiger partial charge in [-0.1, -0.05) is 13.3 Å². The average molecular weight is 530 g/mol. The molecule has 2 aliphatic rings.